The minimum absolute atomic E-state index is 0.0516. The van der Waals surface area contributed by atoms with Crippen molar-refractivity contribution in [3.8, 4) is 5.75 Å². The fourth-order valence-corrected chi connectivity index (χ4v) is 5.75. The van der Waals surface area contributed by atoms with Gasteiger partial charge in [0.2, 0.25) is 10.0 Å². The number of methoxy groups -OCH3 is 1. The molecule has 0 N–H and O–H groups in total. The molecule has 1 aromatic heterocycles. The first-order chi connectivity index (χ1) is 13.9. The van der Waals surface area contributed by atoms with Gasteiger partial charge in [0.25, 0.3) is 5.91 Å². The number of amides is 1. The maximum absolute atomic E-state index is 12.9. The highest BCUT2D eigenvalue weighted by atomic mass is 32.2. The monoisotopic (exact) mass is 437 g/mol. The highest BCUT2D eigenvalue weighted by molar-refractivity contribution is 7.89. The fourth-order valence-electron chi connectivity index (χ4n) is 3.26. The van der Waals surface area contributed by atoms with E-state index < -0.39 is 10.0 Å². The molecule has 7 nitrogen and oxygen atoms in total. The summed E-state index contributed by atoms with van der Waals surface area (Å²) < 4.78 is 32.3. The van der Waals surface area contributed by atoms with Crippen molar-refractivity contribution in [2.24, 2.45) is 0 Å². The molecule has 0 saturated carbocycles. The molecule has 1 fully saturated rings. The Labute approximate surface area is 176 Å². The molecule has 1 aliphatic rings. The number of carbonyl (C=O) groups excluding carboxylic acids is 1. The van der Waals surface area contributed by atoms with Gasteiger partial charge in [0.05, 0.1) is 22.7 Å². The molecule has 0 aliphatic carbocycles. The van der Waals surface area contributed by atoms with Gasteiger partial charge in [-0.25, -0.2) is 13.4 Å². The highest BCUT2D eigenvalue weighted by Gasteiger charge is 2.31. The van der Waals surface area contributed by atoms with Crippen molar-refractivity contribution >= 4 is 27.3 Å². The number of benzene rings is 1. The maximum atomic E-state index is 12.9. The Morgan fingerprint density at radius 2 is 1.83 bits per heavy atom. The second-order valence-corrected chi connectivity index (χ2v) is 10.0. The number of hydrogen-bond donors (Lipinski definition) is 0. The normalized spacial score (nSPS) is 15.5. The van der Waals surface area contributed by atoms with Gasteiger partial charge in [-0.2, -0.15) is 4.31 Å². The predicted molar refractivity (Wildman–Crippen MR) is 113 cm³/mol. The molecule has 1 aromatic carbocycles. The van der Waals surface area contributed by atoms with Crippen LogP contribution in [0.1, 0.15) is 40.1 Å². The van der Waals surface area contributed by atoms with Gasteiger partial charge in [-0.3, -0.25) is 4.79 Å². The average molecular weight is 438 g/mol. The van der Waals surface area contributed by atoms with Crippen molar-refractivity contribution in [1.29, 1.82) is 0 Å². The number of rotatable bonds is 7. The van der Waals surface area contributed by atoms with E-state index in [9.17, 15) is 13.2 Å². The lowest BCUT2D eigenvalue weighted by Crippen LogP contribution is -2.50. The van der Waals surface area contributed by atoms with Crippen LogP contribution in [0.15, 0.2) is 29.2 Å². The number of aryl methyl sites for hydroxylation is 2. The molecule has 0 atom stereocenters. The van der Waals surface area contributed by atoms with Crippen LogP contribution in [0, 0.1) is 6.92 Å². The van der Waals surface area contributed by atoms with Gasteiger partial charge < -0.3 is 9.64 Å². The standard InChI is InChI=1S/C20H27N3O4S2/c1-4-5-6-18-21-15(2)19(28-18)20(24)22-11-13-23(14-12-22)29(25,26)17-9-7-16(27-3)8-10-17/h7-10H,4-6,11-14H2,1-3H3. The summed E-state index contributed by atoms with van der Waals surface area (Å²) in [6, 6.07) is 6.36. The number of sulfonamides is 1. The Kier molecular flexibility index (Phi) is 6.92. The Morgan fingerprint density at radius 1 is 1.17 bits per heavy atom. The van der Waals surface area contributed by atoms with Crippen LogP contribution >= 0.6 is 11.3 Å². The maximum Gasteiger partial charge on any atom is 0.265 e. The van der Waals surface area contributed by atoms with E-state index in [1.165, 1.54) is 22.8 Å². The van der Waals surface area contributed by atoms with Crippen molar-refractivity contribution in [2.75, 3.05) is 33.3 Å². The summed E-state index contributed by atoms with van der Waals surface area (Å²) in [4.78, 5) is 20.1. The summed E-state index contributed by atoms with van der Waals surface area (Å²) in [6.07, 6.45) is 3.04. The van der Waals surface area contributed by atoms with Crippen molar-refractivity contribution in [2.45, 2.75) is 38.0 Å². The third kappa shape index (κ3) is 4.79. The average Bonchev–Trinajstić information content (AvgIpc) is 3.12. The summed E-state index contributed by atoms with van der Waals surface area (Å²) in [6.45, 7) is 5.29. The van der Waals surface area contributed by atoms with Crippen molar-refractivity contribution in [3.63, 3.8) is 0 Å². The number of thiazole rings is 1. The first kappa shape index (κ1) is 21.7. The second-order valence-electron chi connectivity index (χ2n) is 7.00. The van der Waals surface area contributed by atoms with Crippen molar-refractivity contribution in [3.05, 3.63) is 39.8 Å². The first-order valence-electron chi connectivity index (χ1n) is 9.76. The molecule has 0 bridgehead atoms. The van der Waals surface area contributed by atoms with Crippen molar-refractivity contribution in [1.82, 2.24) is 14.2 Å². The van der Waals surface area contributed by atoms with Gasteiger partial charge in [-0.05, 0) is 44.0 Å². The second kappa shape index (κ2) is 9.23. The first-order valence-corrected chi connectivity index (χ1v) is 12.0. The van der Waals surface area contributed by atoms with E-state index in [0.717, 1.165) is 30.0 Å². The number of aromatic nitrogens is 1. The number of piperazine rings is 1. The Bertz CT molecular complexity index is 947. The number of hydrogen-bond acceptors (Lipinski definition) is 6. The molecule has 1 amide bonds. The molecular weight excluding hydrogens is 410 g/mol. The van der Waals surface area contributed by atoms with Crippen LogP contribution in [0.25, 0.3) is 0 Å². The van der Waals surface area contributed by atoms with Crippen LogP contribution in [0.5, 0.6) is 5.75 Å². The van der Waals surface area contributed by atoms with Gasteiger partial charge >= 0.3 is 0 Å². The number of unbranched alkanes of at least 4 members (excludes halogenated alkanes) is 1. The third-order valence-electron chi connectivity index (χ3n) is 5.00. The summed E-state index contributed by atoms with van der Waals surface area (Å²) in [5, 5.41) is 0.994. The lowest BCUT2D eigenvalue weighted by atomic mass is 10.2. The van der Waals surface area contributed by atoms with E-state index in [1.807, 2.05) is 6.92 Å². The van der Waals surface area contributed by atoms with Crippen LogP contribution in [0.3, 0.4) is 0 Å². The number of ether oxygens (including phenoxy) is 1. The third-order valence-corrected chi connectivity index (χ3v) is 8.12. The van der Waals surface area contributed by atoms with E-state index in [1.54, 1.807) is 29.2 Å². The molecule has 158 valence electrons. The lowest BCUT2D eigenvalue weighted by molar-refractivity contribution is 0.0702. The smallest absolute Gasteiger partial charge is 0.265 e. The van der Waals surface area contributed by atoms with E-state index in [-0.39, 0.29) is 23.9 Å². The van der Waals surface area contributed by atoms with Crippen LogP contribution in [-0.4, -0.2) is 61.8 Å². The summed E-state index contributed by atoms with van der Waals surface area (Å²) in [7, 11) is -2.05. The van der Waals surface area contributed by atoms with Gasteiger partial charge in [-0.1, -0.05) is 13.3 Å². The lowest BCUT2D eigenvalue weighted by Gasteiger charge is -2.33. The molecular formula is C20H27N3O4S2. The molecule has 1 aliphatic heterocycles. The molecule has 2 aromatic rings. The molecule has 0 unspecified atom stereocenters. The topological polar surface area (TPSA) is 79.8 Å². The van der Waals surface area contributed by atoms with Crippen molar-refractivity contribution < 1.29 is 17.9 Å². The zero-order chi connectivity index (χ0) is 21.0. The van der Waals surface area contributed by atoms with Gasteiger partial charge in [0, 0.05) is 26.2 Å². The molecule has 3 rings (SSSR count). The fraction of sp³-hybridized carbons (Fsp3) is 0.500. The SMILES string of the molecule is CCCCc1nc(C)c(C(=O)N2CCN(S(=O)(=O)c3ccc(OC)cc3)CC2)s1. The summed E-state index contributed by atoms with van der Waals surface area (Å²) in [5.74, 6) is 0.557. The molecule has 0 spiro atoms. The largest absolute Gasteiger partial charge is 0.497 e. The van der Waals surface area contributed by atoms with Crippen LogP contribution < -0.4 is 4.74 Å². The van der Waals surface area contributed by atoms with Crippen LogP contribution in [-0.2, 0) is 16.4 Å². The van der Waals surface area contributed by atoms with Crippen LogP contribution in [0.2, 0.25) is 0 Å². The Hall–Kier alpha value is -1.97. The summed E-state index contributed by atoms with van der Waals surface area (Å²) >= 11 is 1.46. The highest BCUT2D eigenvalue weighted by Crippen LogP contribution is 2.24. The van der Waals surface area contributed by atoms with E-state index in [0.29, 0.717) is 23.7 Å². The zero-order valence-corrected chi connectivity index (χ0v) is 18.7. The Morgan fingerprint density at radius 3 is 2.41 bits per heavy atom. The predicted octanol–water partition coefficient (Wildman–Crippen LogP) is 2.95. The summed E-state index contributed by atoms with van der Waals surface area (Å²) in [5.41, 5.74) is 0.763. The minimum Gasteiger partial charge on any atom is -0.497 e. The Balaban J connectivity index is 1.65. The number of carbonyl (C=O) groups is 1. The quantitative estimate of drug-likeness (QED) is 0.665. The zero-order valence-electron chi connectivity index (χ0n) is 17.1. The molecule has 9 heteroatoms. The van der Waals surface area contributed by atoms with E-state index in [4.69, 9.17) is 4.74 Å². The van der Waals surface area contributed by atoms with Gasteiger partial charge in [0.1, 0.15) is 10.6 Å². The van der Waals surface area contributed by atoms with Gasteiger partial charge in [0.15, 0.2) is 0 Å². The van der Waals surface area contributed by atoms with Crippen LogP contribution in [0.4, 0.5) is 0 Å². The molecule has 0 radical (unpaired) electrons. The number of nitrogens with zero attached hydrogens (tertiary/aromatic N) is 3. The minimum atomic E-state index is -3.59. The van der Waals surface area contributed by atoms with E-state index in [2.05, 4.69) is 11.9 Å². The molecule has 2 heterocycles. The van der Waals surface area contributed by atoms with E-state index >= 15 is 0 Å². The molecule has 29 heavy (non-hydrogen) atoms. The molecule has 1 saturated heterocycles. The van der Waals surface area contributed by atoms with Gasteiger partial charge in [-0.15, -0.1) is 11.3 Å².